The molecule has 0 spiro atoms. The van der Waals surface area contributed by atoms with E-state index in [9.17, 15) is 9.59 Å². The summed E-state index contributed by atoms with van der Waals surface area (Å²) in [6.07, 6.45) is 22.6. The van der Waals surface area contributed by atoms with E-state index in [2.05, 4.69) is 54.7 Å². The molecule has 0 aromatic rings. The molecule has 0 aliphatic carbocycles. The summed E-state index contributed by atoms with van der Waals surface area (Å²) in [5, 5.41) is 8.55. The fourth-order valence-electron chi connectivity index (χ4n) is 2.12. The van der Waals surface area contributed by atoms with E-state index in [1.54, 1.807) is 0 Å². The quantitative estimate of drug-likeness (QED) is 0.135. The highest BCUT2D eigenvalue weighted by atomic mass is 16.6. The third kappa shape index (κ3) is 16.5. The van der Waals surface area contributed by atoms with Crippen LogP contribution in [-0.4, -0.2) is 17.0 Å². The number of rotatable bonds is 15. The summed E-state index contributed by atoms with van der Waals surface area (Å²) in [5.41, 5.74) is 0. The zero-order valence-corrected chi connectivity index (χ0v) is 15.4. The number of carbonyl (C=O) groups excluding carboxylic acids is 1. The van der Waals surface area contributed by atoms with Gasteiger partial charge in [0.25, 0.3) is 0 Å². The Morgan fingerprint density at radius 3 is 2.08 bits per heavy atom. The molecule has 0 heterocycles. The van der Waals surface area contributed by atoms with Crippen LogP contribution in [0.25, 0.3) is 0 Å². The van der Waals surface area contributed by atoms with E-state index in [1.807, 2.05) is 0 Å². The maximum Gasteiger partial charge on any atom is 0.371 e. The Morgan fingerprint density at radius 2 is 1.44 bits per heavy atom. The zero-order valence-electron chi connectivity index (χ0n) is 15.4. The van der Waals surface area contributed by atoms with Gasteiger partial charge in [-0.25, -0.2) is 4.79 Å². The fourth-order valence-corrected chi connectivity index (χ4v) is 2.12. The average molecular weight is 348 g/mol. The lowest BCUT2D eigenvalue weighted by Gasteiger charge is -2.03. The SMILES string of the molecule is C=C(OC(=O)CCCCCCC/C=C\C/C=C\C/C=C\CC)C(=O)O. The van der Waals surface area contributed by atoms with Crippen molar-refractivity contribution in [3.05, 3.63) is 48.8 Å². The number of allylic oxidation sites excluding steroid dienone is 6. The van der Waals surface area contributed by atoms with E-state index < -0.39 is 17.7 Å². The molecule has 0 bridgehead atoms. The molecule has 0 unspecified atom stereocenters. The van der Waals surface area contributed by atoms with Crippen LogP contribution in [0.15, 0.2) is 48.8 Å². The van der Waals surface area contributed by atoms with Crippen LogP contribution in [0.3, 0.4) is 0 Å². The number of carboxylic acids is 1. The largest absolute Gasteiger partial charge is 0.475 e. The number of hydrogen-bond donors (Lipinski definition) is 1. The molecular formula is C21H32O4. The molecule has 0 aliphatic rings. The zero-order chi connectivity index (χ0) is 18.8. The van der Waals surface area contributed by atoms with Gasteiger partial charge in [0.05, 0.1) is 0 Å². The molecule has 0 saturated carbocycles. The normalized spacial score (nSPS) is 11.6. The molecule has 4 nitrogen and oxygen atoms in total. The predicted octanol–water partition coefficient (Wildman–Crippen LogP) is 5.72. The van der Waals surface area contributed by atoms with Crippen LogP contribution in [0.4, 0.5) is 0 Å². The molecule has 0 amide bonds. The van der Waals surface area contributed by atoms with Crippen LogP contribution in [0.1, 0.15) is 71.1 Å². The summed E-state index contributed by atoms with van der Waals surface area (Å²) in [6.45, 7) is 5.29. The third-order valence-corrected chi connectivity index (χ3v) is 3.51. The van der Waals surface area contributed by atoms with E-state index in [1.165, 1.54) is 0 Å². The molecule has 1 N–H and O–H groups in total. The number of aliphatic carboxylic acids is 1. The summed E-state index contributed by atoms with van der Waals surface area (Å²) in [7, 11) is 0. The molecular weight excluding hydrogens is 316 g/mol. The predicted molar refractivity (Wildman–Crippen MR) is 102 cm³/mol. The molecule has 0 aromatic carbocycles. The van der Waals surface area contributed by atoms with Gasteiger partial charge in [-0.3, -0.25) is 4.79 Å². The van der Waals surface area contributed by atoms with E-state index in [4.69, 9.17) is 5.11 Å². The number of carboxylic acid groups (broad SMARTS) is 1. The number of unbranched alkanes of at least 4 members (excludes halogenated alkanes) is 5. The van der Waals surface area contributed by atoms with Gasteiger partial charge in [-0.2, -0.15) is 0 Å². The molecule has 0 saturated heterocycles. The Kier molecular flexibility index (Phi) is 15.3. The highest BCUT2D eigenvalue weighted by Gasteiger charge is 2.10. The number of esters is 1. The smallest absolute Gasteiger partial charge is 0.371 e. The summed E-state index contributed by atoms with van der Waals surface area (Å²) in [4.78, 5) is 21.8. The Balaban J connectivity index is 3.42. The first kappa shape index (κ1) is 22.9. The lowest BCUT2D eigenvalue weighted by molar-refractivity contribution is -0.148. The van der Waals surface area contributed by atoms with Crippen molar-refractivity contribution in [2.45, 2.75) is 71.1 Å². The van der Waals surface area contributed by atoms with Crippen molar-refractivity contribution in [2.75, 3.05) is 0 Å². The van der Waals surface area contributed by atoms with Crippen molar-refractivity contribution < 1.29 is 19.4 Å². The Bertz CT molecular complexity index is 472. The summed E-state index contributed by atoms with van der Waals surface area (Å²) >= 11 is 0. The first-order valence-electron chi connectivity index (χ1n) is 9.15. The van der Waals surface area contributed by atoms with Gasteiger partial charge in [-0.05, 0) is 45.1 Å². The monoisotopic (exact) mass is 348 g/mol. The number of ether oxygens (including phenoxy) is 1. The van der Waals surface area contributed by atoms with Crippen molar-refractivity contribution >= 4 is 11.9 Å². The topological polar surface area (TPSA) is 63.6 Å². The van der Waals surface area contributed by atoms with Gasteiger partial charge >= 0.3 is 11.9 Å². The average Bonchev–Trinajstić information content (AvgIpc) is 2.58. The van der Waals surface area contributed by atoms with Crippen LogP contribution >= 0.6 is 0 Å². The molecule has 0 rings (SSSR count). The highest BCUT2D eigenvalue weighted by Crippen LogP contribution is 2.09. The van der Waals surface area contributed by atoms with Gasteiger partial charge in [-0.15, -0.1) is 0 Å². The van der Waals surface area contributed by atoms with Gasteiger partial charge in [0.1, 0.15) is 0 Å². The second kappa shape index (κ2) is 16.7. The minimum Gasteiger partial charge on any atom is -0.475 e. The lowest BCUT2D eigenvalue weighted by atomic mass is 10.1. The van der Waals surface area contributed by atoms with Gasteiger partial charge in [0.15, 0.2) is 0 Å². The van der Waals surface area contributed by atoms with Gasteiger partial charge < -0.3 is 9.84 Å². The van der Waals surface area contributed by atoms with Crippen molar-refractivity contribution in [3.63, 3.8) is 0 Å². The Hall–Kier alpha value is -2.10. The molecule has 0 fully saturated rings. The maximum absolute atomic E-state index is 11.3. The summed E-state index contributed by atoms with van der Waals surface area (Å²) in [6, 6.07) is 0. The first-order chi connectivity index (χ1) is 12.1. The van der Waals surface area contributed by atoms with Gasteiger partial charge in [-0.1, -0.05) is 62.6 Å². The van der Waals surface area contributed by atoms with Crippen molar-refractivity contribution in [2.24, 2.45) is 0 Å². The summed E-state index contributed by atoms with van der Waals surface area (Å²) < 4.78 is 4.58. The van der Waals surface area contributed by atoms with E-state index in [0.29, 0.717) is 0 Å². The van der Waals surface area contributed by atoms with Crippen LogP contribution < -0.4 is 0 Å². The second-order valence-electron chi connectivity index (χ2n) is 5.80. The third-order valence-electron chi connectivity index (χ3n) is 3.51. The number of hydrogen-bond acceptors (Lipinski definition) is 3. The molecule has 0 aromatic heterocycles. The fraction of sp³-hybridized carbons (Fsp3) is 0.524. The molecule has 0 radical (unpaired) electrons. The lowest BCUT2D eigenvalue weighted by Crippen LogP contribution is -2.09. The van der Waals surface area contributed by atoms with Crippen molar-refractivity contribution in [1.29, 1.82) is 0 Å². The molecule has 0 aliphatic heterocycles. The minimum atomic E-state index is -1.30. The molecule has 0 atom stereocenters. The number of carbonyl (C=O) groups is 2. The summed E-state index contributed by atoms with van der Waals surface area (Å²) in [5.74, 6) is -2.33. The molecule has 140 valence electrons. The van der Waals surface area contributed by atoms with Crippen LogP contribution in [0.2, 0.25) is 0 Å². The van der Waals surface area contributed by atoms with Gasteiger partial charge in [0.2, 0.25) is 5.76 Å². The van der Waals surface area contributed by atoms with E-state index in [-0.39, 0.29) is 6.42 Å². The standard InChI is InChI=1S/C21H32O4/c1-3-4-5-6-7-8-9-10-11-12-13-14-15-16-17-18-20(22)25-19(2)21(23)24/h4-5,7-8,10-11H,2-3,6,9,12-18H2,1H3,(H,23,24)/b5-4-,8-7-,11-10-. The molecule has 25 heavy (non-hydrogen) atoms. The van der Waals surface area contributed by atoms with Crippen LogP contribution in [0, 0.1) is 0 Å². The maximum atomic E-state index is 11.3. The van der Waals surface area contributed by atoms with E-state index >= 15 is 0 Å². The van der Waals surface area contributed by atoms with Crippen molar-refractivity contribution in [1.82, 2.24) is 0 Å². The van der Waals surface area contributed by atoms with Crippen molar-refractivity contribution in [3.8, 4) is 0 Å². The molecule has 4 heteroatoms. The minimum absolute atomic E-state index is 0.242. The van der Waals surface area contributed by atoms with E-state index in [0.717, 1.165) is 57.8 Å². The highest BCUT2D eigenvalue weighted by molar-refractivity contribution is 5.87. The van der Waals surface area contributed by atoms with Gasteiger partial charge in [0, 0.05) is 6.42 Å². The Labute approximate surface area is 152 Å². The first-order valence-corrected chi connectivity index (χ1v) is 9.15. The van der Waals surface area contributed by atoms with Crippen LogP contribution in [-0.2, 0) is 14.3 Å². The second-order valence-corrected chi connectivity index (χ2v) is 5.80. The van der Waals surface area contributed by atoms with Crippen LogP contribution in [0.5, 0.6) is 0 Å². The Morgan fingerprint density at radius 1 is 0.880 bits per heavy atom.